The lowest BCUT2D eigenvalue weighted by atomic mass is 10.1. The number of para-hydroxylation sites is 1. The molecule has 1 aliphatic rings. The molecule has 2 aromatic carbocycles. The first-order chi connectivity index (χ1) is 15.6. The Hall–Kier alpha value is -4.00. The van der Waals surface area contributed by atoms with Crippen LogP contribution in [0.15, 0.2) is 71.8 Å². The zero-order valence-corrected chi connectivity index (χ0v) is 17.2. The van der Waals surface area contributed by atoms with Crippen molar-refractivity contribution in [3.8, 4) is 16.9 Å². The van der Waals surface area contributed by atoms with Crippen molar-refractivity contribution in [3.63, 3.8) is 0 Å². The summed E-state index contributed by atoms with van der Waals surface area (Å²) in [4.78, 5) is 30.1. The lowest BCUT2D eigenvalue weighted by Gasteiger charge is -2.31. The van der Waals surface area contributed by atoms with E-state index in [0.717, 1.165) is 35.6 Å². The summed E-state index contributed by atoms with van der Waals surface area (Å²) >= 11 is 0. The molecule has 1 saturated heterocycles. The van der Waals surface area contributed by atoms with Crippen LogP contribution in [0.5, 0.6) is 5.75 Å². The van der Waals surface area contributed by atoms with E-state index in [-0.39, 0.29) is 23.1 Å². The van der Waals surface area contributed by atoms with Crippen molar-refractivity contribution in [1.29, 1.82) is 0 Å². The number of pyridine rings is 2. The normalized spacial score (nSPS) is 13.1. The van der Waals surface area contributed by atoms with Crippen LogP contribution in [0.2, 0.25) is 0 Å². The highest BCUT2D eigenvalue weighted by atomic mass is 19.1. The molecular formula is C25H20FN3O3. The van der Waals surface area contributed by atoms with Crippen molar-refractivity contribution in [3.05, 3.63) is 88.6 Å². The molecule has 0 atom stereocenters. The maximum atomic E-state index is 14.6. The van der Waals surface area contributed by atoms with Gasteiger partial charge in [-0.15, -0.1) is 0 Å². The number of rotatable bonds is 6. The first kappa shape index (κ1) is 19.9. The predicted molar refractivity (Wildman–Crippen MR) is 120 cm³/mol. The van der Waals surface area contributed by atoms with Crippen molar-refractivity contribution in [2.75, 3.05) is 18.0 Å². The topological polar surface area (TPSA) is 64.4 Å². The number of benzene rings is 2. The third-order valence-corrected chi connectivity index (χ3v) is 5.76. The molecule has 3 heterocycles. The highest BCUT2D eigenvalue weighted by Crippen LogP contribution is 2.25. The quantitative estimate of drug-likeness (QED) is 0.434. The summed E-state index contributed by atoms with van der Waals surface area (Å²) < 4.78 is 21.0. The molecule has 32 heavy (non-hydrogen) atoms. The number of hydrogen-bond acceptors (Lipinski definition) is 5. The standard InChI is InChI=1S/C25H20FN3O3/c26-21-4-1-3-20-24(21)29(15-22(25(20)31)32-16-30)14-17-5-7-18(8-6-17)19-9-10-23(27-13-19)28-11-2-12-28/h1,3-10,13,15-16H,2,11-12,14H2. The summed E-state index contributed by atoms with van der Waals surface area (Å²) in [5, 5.41) is 0.161. The molecule has 5 rings (SSSR count). The molecule has 0 bridgehead atoms. The highest BCUT2D eigenvalue weighted by molar-refractivity contribution is 5.81. The Labute approximate surface area is 183 Å². The largest absolute Gasteiger partial charge is 0.423 e. The van der Waals surface area contributed by atoms with Crippen molar-refractivity contribution < 1.29 is 13.9 Å². The number of fused-ring (bicyclic) bond motifs is 1. The predicted octanol–water partition coefficient (Wildman–Crippen LogP) is 4.00. The first-order valence-electron chi connectivity index (χ1n) is 10.4. The average molecular weight is 429 g/mol. The number of hydrogen-bond donors (Lipinski definition) is 0. The average Bonchev–Trinajstić information content (AvgIpc) is 2.77. The maximum Gasteiger partial charge on any atom is 0.298 e. The minimum absolute atomic E-state index is 0.136. The molecule has 6 nitrogen and oxygen atoms in total. The molecule has 1 fully saturated rings. The van der Waals surface area contributed by atoms with E-state index in [1.54, 1.807) is 4.57 Å². The van der Waals surface area contributed by atoms with E-state index in [4.69, 9.17) is 4.74 Å². The Morgan fingerprint density at radius 2 is 1.81 bits per heavy atom. The van der Waals surface area contributed by atoms with Crippen LogP contribution in [0.4, 0.5) is 10.2 Å². The van der Waals surface area contributed by atoms with Gasteiger partial charge >= 0.3 is 0 Å². The van der Waals surface area contributed by atoms with Crippen LogP contribution in [0, 0.1) is 5.82 Å². The molecular weight excluding hydrogens is 409 g/mol. The molecule has 0 N–H and O–H groups in total. The van der Waals surface area contributed by atoms with Gasteiger partial charge in [-0.3, -0.25) is 9.59 Å². The van der Waals surface area contributed by atoms with E-state index in [1.165, 1.54) is 30.8 Å². The lowest BCUT2D eigenvalue weighted by molar-refractivity contribution is -0.120. The summed E-state index contributed by atoms with van der Waals surface area (Å²) in [6.07, 6.45) is 4.45. The Kier molecular flexibility index (Phi) is 5.15. The fraction of sp³-hybridized carbons (Fsp3) is 0.160. The van der Waals surface area contributed by atoms with Crippen molar-refractivity contribution in [2.24, 2.45) is 0 Å². The third-order valence-electron chi connectivity index (χ3n) is 5.76. The fourth-order valence-electron chi connectivity index (χ4n) is 3.94. The van der Waals surface area contributed by atoms with Gasteiger partial charge in [-0.2, -0.15) is 0 Å². The molecule has 4 aromatic rings. The monoisotopic (exact) mass is 429 g/mol. The van der Waals surface area contributed by atoms with E-state index in [9.17, 15) is 14.0 Å². The van der Waals surface area contributed by atoms with Crippen LogP contribution in [-0.2, 0) is 11.3 Å². The SMILES string of the molecule is O=COc1cn(Cc2ccc(-c3ccc(N4CCC4)nc3)cc2)c2c(F)cccc2c1=O. The van der Waals surface area contributed by atoms with E-state index in [0.29, 0.717) is 6.54 Å². The number of aromatic nitrogens is 2. The second-order valence-electron chi connectivity index (χ2n) is 7.74. The van der Waals surface area contributed by atoms with Crippen molar-refractivity contribution >= 4 is 23.2 Å². The second kappa shape index (κ2) is 8.26. The number of nitrogens with zero attached hydrogens (tertiary/aromatic N) is 3. The van der Waals surface area contributed by atoms with Crippen LogP contribution >= 0.6 is 0 Å². The van der Waals surface area contributed by atoms with Gasteiger partial charge in [0, 0.05) is 31.4 Å². The zero-order chi connectivity index (χ0) is 22.1. The van der Waals surface area contributed by atoms with Gasteiger partial charge in [0.2, 0.25) is 5.43 Å². The van der Waals surface area contributed by atoms with Gasteiger partial charge in [-0.1, -0.05) is 30.3 Å². The Morgan fingerprint density at radius 3 is 2.47 bits per heavy atom. The highest BCUT2D eigenvalue weighted by Gasteiger charge is 2.16. The van der Waals surface area contributed by atoms with Crippen LogP contribution in [0.1, 0.15) is 12.0 Å². The van der Waals surface area contributed by atoms with Crippen LogP contribution in [-0.4, -0.2) is 29.1 Å². The molecule has 7 heteroatoms. The lowest BCUT2D eigenvalue weighted by Crippen LogP contribution is -2.37. The van der Waals surface area contributed by atoms with Crippen LogP contribution in [0.25, 0.3) is 22.0 Å². The Balaban J connectivity index is 1.45. The van der Waals surface area contributed by atoms with Gasteiger partial charge in [-0.05, 0) is 41.8 Å². The molecule has 0 amide bonds. The molecule has 0 saturated carbocycles. The summed E-state index contributed by atoms with van der Waals surface area (Å²) in [7, 11) is 0. The van der Waals surface area contributed by atoms with Gasteiger partial charge in [0.05, 0.1) is 17.1 Å². The van der Waals surface area contributed by atoms with Crippen molar-refractivity contribution in [1.82, 2.24) is 9.55 Å². The van der Waals surface area contributed by atoms with E-state index >= 15 is 0 Å². The van der Waals surface area contributed by atoms with E-state index < -0.39 is 11.2 Å². The number of carbonyl (C=O) groups excluding carboxylic acids is 1. The number of carbonyl (C=O) groups is 1. The fourth-order valence-corrected chi connectivity index (χ4v) is 3.94. The van der Waals surface area contributed by atoms with Gasteiger partial charge in [-0.25, -0.2) is 9.37 Å². The number of halogens is 1. The van der Waals surface area contributed by atoms with Crippen molar-refractivity contribution in [2.45, 2.75) is 13.0 Å². The number of ether oxygens (including phenoxy) is 1. The van der Waals surface area contributed by atoms with E-state index in [1.807, 2.05) is 36.5 Å². The maximum absolute atomic E-state index is 14.6. The molecule has 0 spiro atoms. The summed E-state index contributed by atoms with van der Waals surface area (Å²) in [6, 6.07) is 16.2. The summed E-state index contributed by atoms with van der Waals surface area (Å²) in [5.41, 5.74) is 2.60. The zero-order valence-electron chi connectivity index (χ0n) is 17.2. The second-order valence-corrected chi connectivity index (χ2v) is 7.74. The van der Waals surface area contributed by atoms with E-state index in [2.05, 4.69) is 16.0 Å². The van der Waals surface area contributed by atoms with Crippen LogP contribution < -0.4 is 15.1 Å². The molecule has 0 radical (unpaired) electrons. The summed E-state index contributed by atoms with van der Waals surface area (Å²) in [6.45, 7) is 2.61. The van der Waals surface area contributed by atoms with Gasteiger partial charge in [0.15, 0.2) is 5.75 Å². The van der Waals surface area contributed by atoms with Gasteiger partial charge < -0.3 is 14.2 Å². The molecule has 160 valence electrons. The molecule has 0 unspecified atom stereocenters. The minimum Gasteiger partial charge on any atom is -0.423 e. The molecule has 0 aliphatic carbocycles. The first-order valence-corrected chi connectivity index (χ1v) is 10.4. The van der Waals surface area contributed by atoms with Gasteiger partial charge in [0.1, 0.15) is 11.6 Å². The Bertz CT molecular complexity index is 1340. The van der Waals surface area contributed by atoms with Gasteiger partial charge in [0.25, 0.3) is 6.47 Å². The third kappa shape index (κ3) is 3.62. The molecule has 1 aliphatic heterocycles. The minimum atomic E-state index is -0.521. The number of anilines is 1. The molecule has 2 aromatic heterocycles. The Morgan fingerprint density at radius 1 is 1.03 bits per heavy atom. The smallest absolute Gasteiger partial charge is 0.298 e. The van der Waals surface area contributed by atoms with Crippen LogP contribution in [0.3, 0.4) is 0 Å². The summed E-state index contributed by atoms with van der Waals surface area (Å²) in [5.74, 6) is 0.349.